The fourth-order valence-electron chi connectivity index (χ4n) is 0.986. The summed E-state index contributed by atoms with van der Waals surface area (Å²) in [6.45, 7) is 2.28. The van der Waals surface area contributed by atoms with E-state index in [-0.39, 0.29) is 0 Å². The van der Waals surface area contributed by atoms with Crippen LogP contribution in [0.25, 0.3) is 0 Å². The minimum Gasteiger partial charge on any atom is -0.396 e. The van der Waals surface area contributed by atoms with Crippen LogP contribution in [0.4, 0.5) is 0 Å². The fourth-order valence-corrected chi connectivity index (χ4v) is 0.986. The molecule has 0 unspecified atom stereocenters. The van der Waals surface area contributed by atoms with Crippen LogP contribution in [0.15, 0.2) is 0 Å². The van der Waals surface area contributed by atoms with E-state index in [1.54, 1.807) is 0 Å². The van der Waals surface area contributed by atoms with E-state index >= 15 is 0 Å². The Balaban J connectivity index is 2.13. The molecule has 0 aromatic rings. The van der Waals surface area contributed by atoms with Crippen molar-refractivity contribution in [1.29, 1.82) is 0 Å². The first-order valence-electron chi connectivity index (χ1n) is 3.17. The molecule has 2 heteroatoms. The summed E-state index contributed by atoms with van der Waals surface area (Å²) >= 11 is 0. The summed E-state index contributed by atoms with van der Waals surface area (Å²) in [5.41, 5.74) is 0. The van der Waals surface area contributed by atoms with Crippen LogP contribution in [0.3, 0.4) is 0 Å². The first-order chi connectivity index (χ1) is 3.93. The van der Waals surface area contributed by atoms with Crippen molar-refractivity contribution < 1.29 is 5.11 Å². The summed E-state index contributed by atoms with van der Waals surface area (Å²) < 4.78 is 0. The van der Waals surface area contributed by atoms with Crippen LogP contribution in [0.2, 0.25) is 0 Å². The monoisotopic (exact) mass is 114 g/mol. The molecule has 1 saturated heterocycles. The number of piperidine rings is 1. The molecule has 8 heavy (non-hydrogen) atoms. The Hall–Kier alpha value is -0.0800. The van der Waals surface area contributed by atoms with Gasteiger partial charge in [0, 0.05) is 19.7 Å². The smallest absolute Gasteiger partial charge is 0.0460 e. The molecule has 1 aliphatic rings. The predicted octanol–water partition coefficient (Wildman–Crippen LogP) is -0.00690. The average molecular weight is 114 g/mol. The van der Waals surface area contributed by atoms with Crippen LogP contribution in [0, 0.1) is 5.92 Å². The van der Waals surface area contributed by atoms with Gasteiger partial charge in [-0.25, -0.2) is 5.32 Å². The quantitative estimate of drug-likeness (QED) is 0.511. The SMILES string of the molecule is OCC1CC[N]CC1. The van der Waals surface area contributed by atoms with Crippen molar-refractivity contribution in [2.24, 2.45) is 5.92 Å². The Labute approximate surface area is 49.9 Å². The molecule has 1 rings (SSSR count). The van der Waals surface area contributed by atoms with Crippen LogP contribution in [0.5, 0.6) is 0 Å². The van der Waals surface area contributed by atoms with Crippen molar-refractivity contribution in [3.63, 3.8) is 0 Å². The van der Waals surface area contributed by atoms with Crippen LogP contribution >= 0.6 is 0 Å². The van der Waals surface area contributed by atoms with Crippen LogP contribution < -0.4 is 5.32 Å². The van der Waals surface area contributed by atoms with Gasteiger partial charge in [-0.2, -0.15) is 0 Å². The molecular formula is C6H12NO. The van der Waals surface area contributed by atoms with Crippen LogP contribution in [-0.2, 0) is 0 Å². The molecule has 1 N–H and O–H groups in total. The maximum atomic E-state index is 8.65. The van der Waals surface area contributed by atoms with Crippen molar-refractivity contribution >= 4 is 0 Å². The lowest BCUT2D eigenvalue weighted by Crippen LogP contribution is -2.24. The van der Waals surface area contributed by atoms with Gasteiger partial charge < -0.3 is 5.11 Å². The van der Waals surface area contributed by atoms with E-state index < -0.39 is 0 Å². The first kappa shape index (κ1) is 6.05. The van der Waals surface area contributed by atoms with E-state index in [0.29, 0.717) is 12.5 Å². The number of hydrogen-bond donors (Lipinski definition) is 1. The van der Waals surface area contributed by atoms with Gasteiger partial charge in [0.05, 0.1) is 0 Å². The number of rotatable bonds is 1. The molecule has 47 valence electrons. The van der Waals surface area contributed by atoms with Crippen molar-refractivity contribution in [3.8, 4) is 0 Å². The Bertz CT molecular complexity index is 59.5. The summed E-state index contributed by atoms with van der Waals surface area (Å²) in [6.07, 6.45) is 2.19. The first-order valence-corrected chi connectivity index (χ1v) is 3.17. The fraction of sp³-hybridized carbons (Fsp3) is 1.00. The summed E-state index contributed by atoms with van der Waals surface area (Å²) in [6, 6.07) is 0. The van der Waals surface area contributed by atoms with Gasteiger partial charge in [0.1, 0.15) is 0 Å². The normalized spacial score (nSPS) is 23.6. The average Bonchev–Trinajstić information content (AvgIpc) is 1.90. The van der Waals surface area contributed by atoms with E-state index in [1.807, 2.05) is 0 Å². The molecule has 2 nitrogen and oxygen atoms in total. The van der Waals surface area contributed by atoms with Gasteiger partial charge in [0.25, 0.3) is 0 Å². The van der Waals surface area contributed by atoms with E-state index in [4.69, 9.17) is 5.11 Å². The van der Waals surface area contributed by atoms with Crippen molar-refractivity contribution in [1.82, 2.24) is 5.32 Å². The number of hydrogen-bond acceptors (Lipinski definition) is 1. The molecule has 1 fully saturated rings. The molecule has 0 aromatic heterocycles. The second kappa shape index (κ2) is 3.05. The van der Waals surface area contributed by atoms with Crippen LogP contribution in [0.1, 0.15) is 12.8 Å². The molecule has 0 aliphatic carbocycles. The summed E-state index contributed by atoms with van der Waals surface area (Å²) in [7, 11) is 0. The molecule has 1 heterocycles. The third-order valence-corrected chi connectivity index (χ3v) is 1.65. The van der Waals surface area contributed by atoms with Crippen molar-refractivity contribution in [3.05, 3.63) is 0 Å². The predicted molar refractivity (Wildman–Crippen MR) is 31.7 cm³/mol. The van der Waals surface area contributed by atoms with E-state index in [9.17, 15) is 0 Å². The third kappa shape index (κ3) is 1.46. The van der Waals surface area contributed by atoms with Crippen molar-refractivity contribution in [2.75, 3.05) is 19.7 Å². The Kier molecular flexibility index (Phi) is 2.30. The topological polar surface area (TPSA) is 34.3 Å². The second-order valence-electron chi connectivity index (χ2n) is 2.30. The Morgan fingerprint density at radius 2 is 2.00 bits per heavy atom. The summed E-state index contributed by atoms with van der Waals surface area (Å²) in [4.78, 5) is 0. The highest BCUT2D eigenvalue weighted by atomic mass is 16.3. The highest BCUT2D eigenvalue weighted by molar-refractivity contribution is 4.66. The lowest BCUT2D eigenvalue weighted by atomic mass is 10.00. The molecule has 0 aromatic carbocycles. The highest BCUT2D eigenvalue weighted by Gasteiger charge is 2.10. The lowest BCUT2D eigenvalue weighted by molar-refractivity contribution is 0.195. The summed E-state index contributed by atoms with van der Waals surface area (Å²) in [5, 5.41) is 12.8. The zero-order valence-corrected chi connectivity index (χ0v) is 5.01. The molecule has 0 bridgehead atoms. The molecule has 0 saturated carbocycles. The van der Waals surface area contributed by atoms with Gasteiger partial charge in [0.15, 0.2) is 0 Å². The molecule has 0 amide bonds. The standard InChI is InChI=1S/C6H12NO/c8-5-6-1-3-7-4-2-6/h6,8H,1-5H2. The molecule has 1 radical (unpaired) electrons. The highest BCUT2D eigenvalue weighted by Crippen LogP contribution is 2.09. The number of nitrogens with zero attached hydrogens (tertiary/aromatic N) is 1. The maximum Gasteiger partial charge on any atom is 0.0460 e. The van der Waals surface area contributed by atoms with Gasteiger partial charge in [-0.1, -0.05) is 0 Å². The van der Waals surface area contributed by atoms with Gasteiger partial charge in [-0.15, -0.1) is 0 Å². The van der Waals surface area contributed by atoms with Gasteiger partial charge in [-0.3, -0.25) is 0 Å². The summed E-state index contributed by atoms with van der Waals surface area (Å²) in [5.74, 6) is 0.549. The lowest BCUT2D eigenvalue weighted by Gasteiger charge is -2.18. The molecular weight excluding hydrogens is 102 g/mol. The Morgan fingerprint density at radius 3 is 2.38 bits per heavy atom. The number of aliphatic hydroxyl groups excluding tert-OH is 1. The molecule has 1 aliphatic heterocycles. The van der Waals surface area contributed by atoms with Gasteiger partial charge >= 0.3 is 0 Å². The van der Waals surface area contributed by atoms with Crippen molar-refractivity contribution in [2.45, 2.75) is 12.8 Å². The third-order valence-electron chi connectivity index (χ3n) is 1.65. The Morgan fingerprint density at radius 1 is 1.38 bits per heavy atom. The van der Waals surface area contributed by atoms with E-state index in [2.05, 4.69) is 5.32 Å². The van der Waals surface area contributed by atoms with Gasteiger partial charge in [-0.05, 0) is 18.8 Å². The van der Waals surface area contributed by atoms with E-state index in [0.717, 1.165) is 25.9 Å². The molecule has 0 spiro atoms. The zero-order valence-electron chi connectivity index (χ0n) is 5.01. The maximum absolute atomic E-state index is 8.65. The largest absolute Gasteiger partial charge is 0.396 e. The van der Waals surface area contributed by atoms with Crippen LogP contribution in [-0.4, -0.2) is 24.8 Å². The number of aliphatic hydroxyl groups is 1. The zero-order chi connectivity index (χ0) is 5.82. The van der Waals surface area contributed by atoms with Gasteiger partial charge in [0.2, 0.25) is 0 Å². The van der Waals surface area contributed by atoms with E-state index in [1.165, 1.54) is 0 Å². The minimum absolute atomic E-state index is 0.357. The molecule has 0 atom stereocenters. The minimum atomic E-state index is 0.357. The second-order valence-corrected chi connectivity index (χ2v) is 2.30.